The van der Waals surface area contributed by atoms with Crippen molar-refractivity contribution in [3.63, 3.8) is 0 Å². The van der Waals surface area contributed by atoms with Gasteiger partial charge in [0.05, 0.1) is 11.5 Å². The SMILES string of the molecule is Nc1cc(Cn2c3c(ccc2=O)CCC3)ccc1[N+](=O)[O-]. The molecule has 1 aromatic carbocycles. The molecule has 21 heavy (non-hydrogen) atoms. The highest BCUT2D eigenvalue weighted by molar-refractivity contribution is 5.59. The predicted octanol–water partition coefficient (Wildman–Crippen LogP) is 1.88. The lowest BCUT2D eigenvalue weighted by Gasteiger charge is -2.12. The van der Waals surface area contributed by atoms with Crippen LogP contribution in [0, 0.1) is 10.1 Å². The largest absolute Gasteiger partial charge is 0.393 e. The number of hydrogen-bond acceptors (Lipinski definition) is 4. The summed E-state index contributed by atoms with van der Waals surface area (Å²) in [5, 5.41) is 10.8. The summed E-state index contributed by atoms with van der Waals surface area (Å²) in [6.45, 7) is 0.393. The molecule has 1 aromatic heterocycles. The quantitative estimate of drug-likeness (QED) is 0.529. The first-order valence-corrected chi connectivity index (χ1v) is 6.80. The van der Waals surface area contributed by atoms with E-state index in [1.54, 1.807) is 22.8 Å². The van der Waals surface area contributed by atoms with Gasteiger partial charge in [-0.1, -0.05) is 12.1 Å². The Morgan fingerprint density at radius 2 is 2.05 bits per heavy atom. The van der Waals surface area contributed by atoms with Gasteiger partial charge in [-0.05, 0) is 36.5 Å². The van der Waals surface area contributed by atoms with Crippen LogP contribution in [0.4, 0.5) is 11.4 Å². The van der Waals surface area contributed by atoms with Crippen LogP contribution in [0.5, 0.6) is 0 Å². The van der Waals surface area contributed by atoms with Crippen LogP contribution in [0.15, 0.2) is 35.1 Å². The third-order valence-electron chi connectivity index (χ3n) is 3.88. The number of nitrogen functional groups attached to an aromatic ring is 1. The molecule has 1 heterocycles. The van der Waals surface area contributed by atoms with Crippen LogP contribution in [0.1, 0.15) is 23.2 Å². The third kappa shape index (κ3) is 2.40. The van der Waals surface area contributed by atoms with Gasteiger partial charge in [0.2, 0.25) is 0 Å². The van der Waals surface area contributed by atoms with Gasteiger partial charge in [0, 0.05) is 17.8 Å². The normalized spacial score (nSPS) is 13.1. The van der Waals surface area contributed by atoms with E-state index < -0.39 is 4.92 Å². The molecular weight excluding hydrogens is 270 g/mol. The minimum Gasteiger partial charge on any atom is -0.393 e. The second-order valence-electron chi connectivity index (χ2n) is 5.23. The van der Waals surface area contributed by atoms with Crippen molar-refractivity contribution >= 4 is 11.4 Å². The van der Waals surface area contributed by atoms with Crippen LogP contribution in [-0.2, 0) is 19.4 Å². The summed E-state index contributed by atoms with van der Waals surface area (Å²) >= 11 is 0. The fraction of sp³-hybridized carbons (Fsp3) is 0.267. The van der Waals surface area contributed by atoms with E-state index in [0.29, 0.717) is 6.54 Å². The van der Waals surface area contributed by atoms with Gasteiger partial charge >= 0.3 is 0 Å². The lowest BCUT2D eigenvalue weighted by molar-refractivity contribution is -0.383. The minimum atomic E-state index is -0.508. The lowest BCUT2D eigenvalue weighted by Crippen LogP contribution is -2.23. The minimum absolute atomic E-state index is 0.0485. The van der Waals surface area contributed by atoms with Crippen molar-refractivity contribution in [2.75, 3.05) is 5.73 Å². The van der Waals surface area contributed by atoms with E-state index in [0.717, 1.165) is 30.5 Å². The maximum atomic E-state index is 12.1. The highest BCUT2D eigenvalue weighted by Crippen LogP contribution is 2.24. The van der Waals surface area contributed by atoms with Gasteiger partial charge in [-0.25, -0.2) is 0 Å². The van der Waals surface area contributed by atoms with Crippen LogP contribution >= 0.6 is 0 Å². The molecule has 0 amide bonds. The molecule has 0 radical (unpaired) electrons. The Morgan fingerprint density at radius 1 is 1.24 bits per heavy atom. The van der Waals surface area contributed by atoms with Gasteiger partial charge in [-0.2, -0.15) is 0 Å². The highest BCUT2D eigenvalue weighted by Gasteiger charge is 2.17. The van der Waals surface area contributed by atoms with Crippen molar-refractivity contribution in [1.29, 1.82) is 0 Å². The second-order valence-corrected chi connectivity index (χ2v) is 5.23. The second kappa shape index (κ2) is 5.05. The van der Waals surface area contributed by atoms with Crippen molar-refractivity contribution in [2.24, 2.45) is 0 Å². The number of hydrogen-bond donors (Lipinski definition) is 1. The Hall–Kier alpha value is -2.63. The maximum Gasteiger partial charge on any atom is 0.292 e. The smallest absolute Gasteiger partial charge is 0.292 e. The summed E-state index contributed by atoms with van der Waals surface area (Å²) in [4.78, 5) is 22.3. The van der Waals surface area contributed by atoms with Crippen molar-refractivity contribution in [3.8, 4) is 0 Å². The van der Waals surface area contributed by atoms with Crippen LogP contribution < -0.4 is 11.3 Å². The van der Waals surface area contributed by atoms with E-state index in [1.165, 1.54) is 11.6 Å². The van der Waals surface area contributed by atoms with Crippen LogP contribution in [0.2, 0.25) is 0 Å². The molecule has 1 aliphatic carbocycles. The summed E-state index contributed by atoms with van der Waals surface area (Å²) in [5.74, 6) is 0. The summed E-state index contributed by atoms with van der Waals surface area (Å²) in [7, 11) is 0. The van der Waals surface area contributed by atoms with E-state index in [1.807, 2.05) is 6.07 Å². The van der Waals surface area contributed by atoms with Crippen molar-refractivity contribution < 1.29 is 4.92 Å². The van der Waals surface area contributed by atoms with Gasteiger partial charge in [0.15, 0.2) is 0 Å². The molecule has 6 heteroatoms. The fourth-order valence-corrected chi connectivity index (χ4v) is 2.86. The zero-order valence-electron chi connectivity index (χ0n) is 11.4. The Bertz CT molecular complexity index is 780. The lowest BCUT2D eigenvalue weighted by atomic mass is 10.1. The number of pyridine rings is 1. The maximum absolute atomic E-state index is 12.1. The molecule has 0 saturated heterocycles. The molecule has 0 atom stereocenters. The Morgan fingerprint density at radius 3 is 2.76 bits per heavy atom. The zero-order chi connectivity index (χ0) is 15.0. The Kier molecular flexibility index (Phi) is 3.21. The van der Waals surface area contributed by atoms with E-state index in [9.17, 15) is 14.9 Å². The summed E-state index contributed by atoms with van der Waals surface area (Å²) < 4.78 is 1.74. The molecule has 108 valence electrons. The van der Waals surface area contributed by atoms with Gasteiger partial charge in [-0.3, -0.25) is 14.9 Å². The van der Waals surface area contributed by atoms with Gasteiger partial charge in [-0.15, -0.1) is 0 Å². The average Bonchev–Trinajstić information content (AvgIpc) is 2.90. The predicted molar refractivity (Wildman–Crippen MR) is 79.3 cm³/mol. The first kappa shape index (κ1) is 13.4. The summed E-state index contributed by atoms with van der Waals surface area (Å²) in [6.07, 6.45) is 2.95. The van der Waals surface area contributed by atoms with Crippen LogP contribution in [0.3, 0.4) is 0 Å². The number of nitro benzene ring substituents is 1. The van der Waals surface area contributed by atoms with Gasteiger partial charge in [0.25, 0.3) is 11.2 Å². The molecule has 0 unspecified atom stereocenters. The monoisotopic (exact) mass is 285 g/mol. The number of aryl methyl sites for hydroxylation is 1. The number of rotatable bonds is 3. The molecule has 3 rings (SSSR count). The molecule has 0 spiro atoms. The van der Waals surface area contributed by atoms with Crippen LogP contribution in [0.25, 0.3) is 0 Å². The number of nitrogens with two attached hydrogens (primary N) is 1. The first-order chi connectivity index (χ1) is 10.1. The van der Waals surface area contributed by atoms with E-state index in [4.69, 9.17) is 5.73 Å². The molecule has 2 aromatic rings. The number of benzene rings is 1. The average molecular weight is 285 g/mol. The summed E-state index contributed by atoms with van der Waals surface area (Å²) in [5.41, 5.74) is 8.74. The number of aromatic nitrogens is 1. The fourth-order valence-electron chi connectivity index (χ4n) is 2.86. The topological polar surface area (TPSA) is 91.2 Å². The standard InChI is InChI=1S/C15H15N3O3/c16-12-8-10(4-6-14(12)18(20)21)9-17-13-3-1-2-11(13)5-7-15(17)19/h4-8H,1-3,9,16H2. The van der Waals surface area contributed by atoms with Crippen molar-refractivity contribution in [3.05, 3.63) is 67.6 Å². The number of fused-ring (bicyclic) bond motifs is 1. The number of nitrogens with zero attached hydrogens (tertiary/aromatic N) is 2. The van der Waals surface area contributed by atoms with Crippen molar-refractivity contribution in [2.45, 2.75) is 25.8 Å². The zero-order valence-corrected chi connectivity index (χ0v) is 11.4. The van der Waals surface area contributed by atoms with Crippen LogP contribution in [-0.4, -0.2) is 9.49 Å². The highest BCUT2D eigenvalue weighted by atomic mass is 16.6. The number of nitro groups is 1. The third-order valence-corrected chi connectivity index (χ3v) is 3.88. The van der Waals surface area contributed by atoms with E-state index >= 15 is 0 Å². The molecule has 2 N–H and O–H groups in total. The van der Waals surface area contributed by atoms with E-state index in [2.05, 4.69) is 0 Å². The van der Waals surface area contributed by atoms with E-state index in [-0.39, 0.29) is 16.9 Å². The molecule has 1 aliphatic rings. The number of anilines is 1. The molecule has 0 fully saturated rings. The Labute approximate surface area is 121 Å². The molecule has 0 bridgehead atoms. The Balaban J connectivity index is 1.98. The first-order valence-electron chi connectivity index (χ1n) is 6.80. The molecular formula is C15H15N3O3. The summed E-state index contributed by atoms with van der Waals surface area (Å²) in [6, 6.07) is 8.08. The molecule has 6 nitrogen and oxygen atoms in total. The van der Waals surface area contributed by atoms with Gasteiger partial charge < -0.3 is 10.3 Å². The molecule has 0 aliphatic heterocycles. The molecule has 0 saturated carbocycles. The van der Waals surface area contributed by atoms with Crippen molar-refractivity contribution in [1.82, 2.24) is 4.57 Å². The van der Waals surface area contributed by atoms with Gasteiger partial charge in [0.1, 0.15) is 5.69 Å².